The monoisotopic (exact) mass is 330 g/mol. The van der Waals surface area contributed by atoms with E-state index in [1.54, 1.807) is 0 Å². The average Bonchev–Trinajstić information content (AvgIpc) is 2.48. The summed E-state index contributed by atoms with van der Waals surface area (Å²) in [6, 6.07) is 10.1. The number of hydrogen-bond donors (Lipinski definition) is 0. The summed E-state index contributed by atoms with van der Waals surface area (Å²) in [6.45, 7) is 2.79. The largest absolute Gasteiger partial charge is 0.379 e. The van der Waals surface area contributed by atoms with Gasteiger partial charge in [-0.1, -0.05) is 43.2 Å². The third-order valence-corrected chi connectivity index (χ3v) is 3.56. The van der Waals surface area contributed by atoms with Crippen LogP contribution in [0.4, 0.5) is 0 Å². The average molecular weight is 330 g/mol. The zero-order chi connectivity index (χ0) is 16.1. The molecule has 0 amide bonds. The second-order valence-electron chi connectivity index (χ2n) is 5.09. The lowest BCUT2D eigenvalue weighted by atomic mass is 10.2. The Hall–Kier alpha value is -0.950. The highest BCUT2D eigenvalue weighted by Crippen LogP contribution is 2.02. The molecule has 0 spiro atoms. The van der Waals surface area contributed by atoms with Gasteiger partial charge in [0, 0.05) is 6.61 Å². The zero-order valence-corrected chi connectivity index (χ0v) is 14.0. The van der Waals surface area contributed by atoms with Gasteiger partial charge in [-0.15, -0.1) is 0 Å². The van der Waals surface area contributed by atoms with E-state index in [1.807, 2.05) is 30.3 Å². The lowest BCUT2D eigenvalue weighted by Gasteiger charge is -2.06. The van der Waals surface area contributed by atoms with E-state index in [2.05, 4.69) is 4.18 Å². The molecule has 126 valence electrons. The molecule has 5 nitrogen and oxygen atoms in total. The second kappa shape index (κ2) is 11.6. The van der Waals surface area contributed by atoms with E-state index in [1.165, 1.54) is 5.56 Å². The lowest BCUT2D eigenvalue weighted by Crippen LogP contribution is -2.06. The maximum Gasteiger partial charge on any atom is 0.264 e. The molecule has 0 aliphatic rings. The van der Waals surface area contributed by atoms with E-state index in [-0.39, 0.29) is 6.61 Å². The van der Waals surface area contributed by atoms with Crippen LogP contribution in [-0.2, 0) is 30.4 Å². The van der Waals surface area contributed by atoms with Crippen LogP contribution in [-0.4, -0.2) is 41.1 Å². The van der Waals surface area contributed by atoms with Gasteiger partial charge in [-0.3, -0.25) is 4.18 Å². The van der Waals surface area contributed by atoms with E-state index in [9.17, 15) is 8.42 Å². The van der Waals surface area contributed by atoms with Gasteiger partial charge in [-0.2, -0.15) is 8.42 Å². The van der Waals surface area contributed by atoms with Gasteiger partial charge in [0.05, 0.1) is 32.7 Å². The van der Waals surface area contributed by atoms with Gasteiger partial charge in [0.1, 0.15) is 0 Å². The molecule has 0 unspecified atom stereocenters. The van der Waals surface area contributed by atoms with Crippen molar-refractivity contribution < 1.29 is 22.1 Å². The fourth-order valence-electron chi connectivity index (χ4n) is 1.85. The zero-order valence-electron chi connectivity index (χ0n) is 13.2. The third kappa shape index (κ3) is 11.7. The molecule has 0 saturated heterocycles. The van der Waals surface area contributed by atoms with Crippen LogP contribution in [0.5, 0.6) is 0 Å². The fourth-order valence-corrected chi connectivity index (χ4v) is 2.27. The Labute approximate surface area is 133 Å². The van der Waals surface area contributed by atoms with Crippen LogP contribution in [0.15, 0.2) is 30.3 Å². The predicted octanol–water partition coefficient (Wildman–Crippen LogP) is 2.76. The quantitative estimate of drug-likeness (QED) is 0.411. The first-order valence-electron chi connectivity index (χ1n) is 7.62. The molecule has 0 heterocycles. The molecule has 0 bridgehead atoms. The number of ether oxygens (including phenoxy) is 2. The Morgan fingerprint density at radius 1 is 0.818 bits per heavy atom. The molecule has 1 aromatic rings. The van der Waals surface area contributed by atoms with Gasteiger partial charge in [0.25, 0.3) is 10.1 Å². The molecule has 0 saturated carbocycles. The summed E-state index contributed by atoms with van der Waals surface area (Å²) < 4.78 is 37.1. The van der Waals surface area contributed by atoms with E-state index in [4.69, 9.17) is 9.47 Å². The SMILES string of the molecule is CS(=O)(=O)OCCCCCCOCCOCc1ccccc1. The Balaban J connectivity index is 1.80. The van der Waals surface area contributed by atoms with Crippen LogP contribution in [0.1, 0.15) is 31.2 Å². The van der Waals surface area contributed by atoms with E-state index in [0.29, 0.717) is 26.4 Å². The Morgan fingerprint density at radius 2 is 1.45 bits per heavy atom. The number of rotatable bonds is 13. The smallest absolute Gasteiger partial charge is 0.264 e. The van der Waals surface area contributed by atoms with Crippen molar-refractivity contribution in [3.63, 3.8) is 0 Å². The van der Waals surface area contributed by atoms with Crippen LogP contribution in [0.25, 0.3) is 0 Å². The highest BCUT2D eigenvalue weighted by molar-refractivity contribution is 7.85. The molecular weight excluding hydrogens is 304 g/mol. The summed E-state index contributed by atoms with van der Waals surface area (Å²) in [5, 5.41) is 0. The highest BCUT2D eigenvalue weighted by Gasteiger charge is 2.00. The predicted molar refractivity (Wildman–Crippen MR) is 86.2 cm³/mol. The van der Waals surface area contributed by atoms with Crippen LogP contribution in [0.2, 0.25) is 0 Å². The standard InChI is InChI=1S/C16H26O5S/c1-22(17,18)21-12-8-3-2-7-11-19-13-14-20-15-16-9-5-4-6-10-16/h4-6,9-10H,2-3,7-8,11-15H2,1H3. The maximum absolute atomic E-state index is 10.7. The van der Waals surface area contributed by atoms with Crippen molar-refractivity contribution in [3.8, 4) is 0 Å². The molecule has 0 aliphatic heterocycles. The van der Waals surface area contributed by atoms with Gasteiger partial charge >= 0.3 is 0 Å². The molecule has 22 heavy (non-hydrogen) atoms. The molecular formula is C16H26O5S. The first kappa shape index (κ1) is 19.1. The number of unbranched alkanes of at least 4 members (excludes halogenated alkanes) is 3. The van der Waals surface area contributed by atoms with Gasteiger partial charge < -0.3 is 9.47 Å². The van der Waals surface area contributed by atoms with Crippen molar-refractivity contribution in [1.29, 1.82) is 0 Å². The molecule has 0 atom stereocenters. The fraction of sp³-hybridized carbons (Fsp3) is 0.625. The van der Waals surface area contributed by atoms with Crippen molar-refractivity contribution >= 4 is 10.1 Å². The van der Waals surface area contributed by atoms with Gasteiger partial charge in [0.15, 0.2) is 0 Å². The first-order chi connectivity index (χ1) is 10.6. The van der Waals surface area contributed by atoms with Crippen LogP contribution < -0.4 is 0 Å². The van der Waals surface area contributed by atoms with E-state index < -0.39 is 10.1 Å². The van der Waals surface area contributed by atoms with Gasteiger partial charge in [-0.25, -0.2) is 0 Å². The topological polar surface area (TPSA) is 61.8 Å². The van der Waals surface area contributed by atoms with Crippen molar-refractivity contribution in [2.45, 2.75) is 32.3 Å². The molecule has 1 rings (SSSR count). The van der Waals surface area contributed by atoms with Crippen molar-refractivity contribution in [2.75, 3.05) is 32.7 Å². The number of hydrogen-bond acceptors (Lipinski definition) is 5. The molecule has 0 fully saturated rings. The Kier molecular flexibility index (Phi) is 10.1. The molecule has 0 aliphatic carbocycles. The summed E-state index contributed by atoms with van der Waals surface area (Å²) in [5.74, 6) is 0. The summed E-state index contributed by atoms with van der Waals surface area (Å²) in [7, 11) is -3.29. The Morgan fingerprint density at radius 3 is 2.14 bits per heavy atom. The lowest BCUT2D eigenvalue weighted by molar-refractivity contribution is 0.0392. The van der Waals surface area contributed by atoms with Gasteiger partial charge in [-0.05, 0) is 18.4 Å². The van der Waals surface area contributed by atoms with Crippen LogP contribution in [0, 0.1) is 0 Å². The molecule has 0 N–H and O–H groups in total. The second-order valence-corrected chi connectivity index (χ2v) is 6.73. The van der Waals surface area contributed by atoms with Gasteiger partial charge in [0.2, 0.25) is 0 Å². The normalized spacial score (nSPS) is 11.7. The third-order valence-electron chi connectivity index (χ3n) is 2.96. The minimum atomic E-state index is -3.29. The van der Waals surface area contributed by atoms with Crippen molar-refractivity contribution in [3.05, 3.63) is 35.9 Å². The molecule has 0 radical (unpaired) electrons. The van der Waals surface area contributed by atoms with Crippen molar-refractivity contribution in [1.82, 2.24) is 0 Å². The highest BCUT2D eigenvalue weighted by atomic mass is 32.2. The van der Waals surface area contributed by atoms with Crippen LogP contribution in [0.3, 0.4) is 0 Å². The van der Waals surface area contributed by atoms with E-state index in [0.717, 1.165) is 31.9 Å². The number of benzene rings is 1. The summed E-state index contributed by atoms with van der Waals surface area (Å²) in [6.07, 6.45) is 4.76. The van der Waals surface area contributed by atoms with Crippen LogP contribution >= 0.6 is 0 Å². The minimum absolute atomic E-state index is 0.271. The summed E-state index contributed by atoms with van der Waals surface area (Å²) >= 11 is 0. The molecule has 1 aromatic carbocycles. The molecule has 0 aromatic heterocycles. The summed E-state index contributed by atoms with van der Waals surface area (Å²) in [4.78, 5) is 0. The minimum Gasteiger partial charge on any atom is -0.379 e. The van der Waals surface area contributed by atoms with E-state index >= 15 is 0 Å². The Bertz CT molecular complexity index is 473. The summed E-state index contributed by atoms with van der Waals surface area (Å²) in [5.41, 5.74) is 1.17. The maximum atomic E-state index is 10.7. The molecule has 6 heteroatoms. The first-order valence-corrected chi connectivity index (χ1v) is 9.43. The van der Waals surface area contributed by atoms with Crippen molar-refractivity contribution in [2.24, 2.45) is 0 Å².